The molecule has 2 aromatic heterocycles. The number of aromatic nitrogens is 2. The quantitative estimate of drug-likeness (QED) is 0.584. The van der Waals surface area contributed by atoms with E-state index in [-0.39, 0.29) is 0 Å². The van der Waals surface area contributed by atoms with Gasteiger partial charge in [0.15, 0.2) is 0 Å². The predicted molar refractivity (Wildman–Crippen MR) is 56.4 cm³/mol. The van der Waals surface area contributed by atoms with Gasteiger partial charge in [-0.15, -0.1) is 11.3 Å². The number of nitrogens with two attached hydrogens (primary N) is 1. The number of hydrazine groups is 1. The molecule has 0 bridgehead atoms. The van der Waals surface area contributed by atoms with Crippen molar-refractivity contribution >= 4 is 11.3 Å². The van der Waals surface area contributed by atoms with Crippen LogP contribution in [0.2, 0.25) is 0 Å². The number of nitrogens with zero attached hydrogens (tertiary/aromatic N) is 2. The third-order valence-corrected chi connectivity index (χ3v) is 2.61. The molecule has 0 saturated carbocycles. The Morgan fingerprint density at radius 1 is 1.50 bits per heavy atom. The fourth-order valence-corrected chi connectivity index (χ4v) is 1.88. The number of hydrogen-bond acceptors (Lipinski definition) is 5. The molecule has 5 heteroatoms. The average Bonchev–Trinajstić information content (AvgIpc) is 2.68. The Bertz CT molecular complexity index is 398. The standard InChI is InChI=1S/C9H10N4S/c10-12-5-9-13-8(6-14-9)7-2-1-3-11-4-7/h1-4,6,12H,5,10H2. The zero-order chi connectivity index (χ0) is 9.80. The third kappa shape index (κ3) is 1.95. The van der Waals surface area contributed by atoms with Gasteiger partial charge in [-0.2, -0.15) is 0 Å². The Balaban J connectivity index is 2.25. The Morgan fingerprint density at radius 3 is 3.14 bits per heavy atom. The van der Waals surface area contributed by atoms with Crippen molar-refractivity contribution in [2.75, 3.05) is 0 Å². The van der Waals surface area contributed by atoms with E-state index in [0.717, 1.165) is 16.3 Å². The van der Waals surface area contributed by atoms with E-state index in [1.165, 1.54) is 0 Å². The zero-order valence-electron chi connectivity index (χ0n) is 7.47. The third-order valence-electron chi connectivity index (χ3n) is 1.76. The first-order valence-electron chi connectivity index (χ1n) is 4.18. The summed E-state index contributed by atoms with van der Waals surface area (Å²) in [7, 11) is 0. The highest BCUT2D eigenvalue weighted by Crippen LogP contribution is 2.20. The Labute approximate surface area is 85.8 Å². The molecule has 0 aliphatic rings. The van der Waals surface area contributed by atoms with Crippen LogP contribution < -0.4 is 11.3 Å². The molecule has 0 unspecified atom stereocenters. The second-order valence-corrected chi connectivity index (χ2v) is 3.69. The zero-order valence-corrected chi connectivity index (χ0v) is 8.29. The van der Waals surface area contributed by atoms with Gasteiger partial charge in [0, 0.05) is 23.3 Å². The minimum atomic E-state index is 0.602. The molecule has 2 heterocycles. The van der Waals surface area contributed by atoms with Crippen molar-refractivity contribution in [3.63, 3.8) is 0 Å². The molecular formula is C9H10N4S. The molecule has 0 aliphatic carbocycles. The first-order chi connectivity index (χ1) is 6.90. The van der Waals surface area contributed by atoms with Crippen molar-refractivity contribution < 1.29 is 0 Å². The van der Waals surface area contributed by atoms with Crippen LogP contribution in [0, 0.1) is 0 Å². The molecule has 0 spiro atoms. The first-order valence-corrected chi connectivity index (χ1v) is 5.06. The van der Waals surface area contributed by atoms with Crippen LogP contribution in [0.1, 0.15) is 5.01 Å². The summed E-state index contributed by atoms with van der Waals surface area (Å²) in [5.74, 6) is 5.21. The van der Waals surface area contributed by atoms with E-state index >= 15 is 0 Å². The van der Waals surface area contributed by atoms with E-state index in [9.17, 15) is 0 Å². The molecule has 0 aliphatic heterocycles. The smallest absolute Gasteiger partial charge is 0.108 e. The molecule has 0 fully saturated rings. The average molecular weight is 206 g/mol. The maximum Gasteiger partial charge on any atom is 0.108 e. The van der Waals surface area contributed by atoms with Crippen LogP contribution in [-0.2, 0) is 6.54 Å². The highest BCUT2D eigenvalue weighted by Gasteiger charge is 2.02. The van der Waals surface area contributed by atoms with Crippen LogP contribution in [0.4, 0.5) is 0 Å². The SMILES string of the molecule is NNCc1nc(-c2cccnc2)cs1. The lowest BCUT2D eigenvalue weighted by Crippen LogP contribution is -2.20. The maximum atomic E-state index is 5.21. The minimum absolute atomic E-state index is 0.602. The van der Waals surface area contributed by atoms with Gasteiger partial charge in [0.05, 0.1) is 12.2 Å². The second kappa shape index (κ2) is 4.28. The van der Waals surface area contributed by atoms with Gasteiger partial charge in [-0.05, 0) is 12.1 Å². The maximum absolute atomic E-state index is 5.21. The van der Waals surface area contributed by atoms with Gasteiger partial charge in [-0.25, -0.2) is 4.98 Å². The Kier molecular flexibility index (Phi) is 2.83. The van der Waals surface area contributed by atoms with Crippen LogP contribution >= 0.6 is 11.3 Å². The molecule has 72 valence electrons. The van der Waals surface area contributed by atoms with Crippen LogP contribution in [0.15, 0.2) is 29.9 Å². The lowest BCUT2D eigenvalue weighted by molar-refractivity contribution is 0.737. The highest BCUT2D eigenvalue weighted by atomic mass is 32.1. The van der Waals surface area contributed by atoms with Crippen molar-refractivity contribution in [2.45, 2.75) is 6.54 Å². The van der Waals surface area contributed by atoms with E-state index in [2.05, 4.69) is 15.4 Å². The van der Waals surface area contributed by atoms with Gasteiger partial charge in [0.2, 0.25) is 0 Å². The highest BCUT2D eigenvalue weighted by molar-refractivity contribution is 7.09. The van der Waals surface area contributed by atoms with Gasteiger partial charge < -0.3 is 0 Å². The predicted octanol–water partition coefficient (Wildman–Crippen LogP) is 1.17. The number of thiazole rings is 1. The Hall–Kier alpha value is -1.30. The van der Waals surface area contributed by atoms with Gasteiger partial charge in [0.1, 0.15) is 5.01 Å². The van der Waals surface area contributed by atoms with Crippen LogP contribution in [0.25, 0.3) is 11.3 Å². The number of pyridine rings is 1. The van der Waals surface area contributed by atoms with Crippen LogP contribution in [-0.4, -0.2) is 9.97 Å². The summed E-state index contributed by atoms with van der Waals surface area (Å²) in [6, 6.07) is 3.89. The second-order valence-electron chi connectivity index (χ2n) is 2.75. The van der Waals surface area contributed by atoms with Gasteiger partial charge in [-0.3, -0.25) is 16.3 Å². The lowest BCUT2D eigenvalue weighted by atomic mass is 10.2. The summed E-state index contributed by atoms with van der Waals surface area (Å²) >= 11 is 1.59. The molecule has 14 heavy (non-hydrogen) atoms. The number of rotatable bonds is 3. The number of nitrogens with one attached hydrogen (secondary N) is 1. The number of hydrogen-bond donors (Lipinski definition) is 2. The molecule has 3 N–H and O–H groups in total. The van der Waals surface area contributed by atoms with E-state index in [1.807, 2.05) is 17.5 Å². The molecule has 0 radical (unpaired) electrons. The first kappa shape index (κ1) is 9.26. The molecule has 0 aromatic carbocycles. The summed E-state index contributed by atoms with van der Waals surface area (Å²) in [6.07, 6.45) is 3.55. The summed E-state index contributed by atoms with van der Waals surface area (Å²) < 4.78 is 0. The van der Waals surface area contributed by atoms with Gasteiger partial charge >= 0.3 is 0 Å². The fraction of sp³-hybridized carbons (Fsp3) is 0.111. The van der Waals surface area contributed by atoms with Gasteiger partial charge in [0.25, 0.3) is 0 Å². The fourth-order valence-electron chi connectivity index (χ4n) is 1.13. The normalized spacial score (nSPS) is 10.4. The summed E-state index contributed by atoms with van der Waals surface area (Å²) in [5.41, 5.74) is 4.57. The molecule has 4 nitrogen and oxygen atoms in total. The van der Waals surface area contributed by atoms with E-state index < -0.39 is 0 Å². The summed E-state index contributed by atoms with van der Waals surface area (Å²) in [6.45, 7) is 0.602. The molecule has 0 amide bonds. The molecule has 2 rings (SSSR count). The Morgan fingerprint density at radius 2 is 2.43 bits per heavy atom. The molecule has 0 atom stereocenters. The van der Waals surface area contributed by atoms with Crippen molar-refractivity contribution in [1.29, 1.82) is 0 Å². The van der Waals surface area contributed by atoms with Crippen molar-refractivity contribution in [2.24, 2.45) is 5.84 Å². The largest absolute Gasteiger partial charge is 0.271 e. The van der Waals surface area contributed by atoms with E-state index in [1.54, 1.807) is 23.7 Å². The van der Waals surface area contributed by atoms with Crippen molar-refractivity contribution in [1.82, 2.24) is 15.4 Å². The molecule has 2 aromatic rings. The van der Waals surface area contributed by atoms with Crippen LogP contribution in [0.5, 0.6) is 0 Å². The van der Waals surface area contributed by atoms with Crippen molar-refractivity contribution in [3.8, 4) is 11.3 Å². The topological polar surface area (TPSA) is 63.8 Å². The molecular weight excluding hydrogens is 196 g/mol. The van der Waals surface area contributed by atoms with Crippen molar-refractivity contribution in [3.05, 3.63) is 34.9 Å². The monoisotopic (exact) mass is 206 g/mol. The van der Waals surface area contributed by atoms with E-state index in [4.69, 9.17) is 5.84 Å². The summed E-state index contributed by atoms with van der Waals surface area (Å²) in [5, 5.41) is 2.98. The molecule has 0 saturated heterocycles. The van der Waals surface area contributed by atoms with Crippen LogP contribution in [0.3, 0.4) is 0 Å². The summed E-state index contributed by atoms with van der Waals surface area (Å²) in [4.78, 5) is 8.45. The van der Waals surface area contributed by atoms with E-state index in [0.29, 0.717) is 6.54 Å². The lowest BCUT2D eigenvalue weighted by Gasteiger charge is -1.94. The van der Waals surface area contributed by atoms with Gasteiger partial charge in [-0.1, -0.05) is 0 Å². The minimum Gasteiger partial charge on any atom is -0.271 e.